The van der Waals surface area contributed by atoms with Crippen molar-refractivity contribution in [3.8, 4) is 0 Å². The number of nitrogens with zero attached hydrogens (tertiary/aromatic N) is 1. The normalized spacial score (nSPS) is 20.8. The Kier molecular flexibility index (Phi) is 3.64. The van der Waals surface area contributed by atoms with Crippen LogP contribution in [0.1, 0.15) is 12.5 Å². The number of hydrogen-bond donors (Lipinski definition) is 1. The van der Waals surface area contributed by atoms with E-state index >= 15 is 0 Å². The minimum absolute atomic E-state index is 0.0246. The van der Waals surface area contributed by atoms with Gasteiger partial charge in [-0.25, -0.2) is 4.39 Å². The lowest BCUT2D eigenvalue weighted by Gasteiger charge is -2.31. The van der Waals surface area contributed by atoms with Crippen molar-refractivity contribution in [1.29, 1.82) is 0 Å². The molecular weight excluding hydrogens is 243 g/mol. The van der Waals surface area contributed by atoms with E-state index in [0.29, 0.717) is 18.7 Å². The molecule has 92 valence electrons. The highest BCUT2D eigenvalue weighted by Crippen LogP contribution is 2.21. The van der Waals surface area contributed by atoms with E-state index in [-0.39, 0.29) is 17.0 Å². The summed E-state index contributed by atoms with van der Waals surface area (Å²) in [6.45, 7) is 3.55. The van der Waals surface area contributed by atoms with E-state index < -0.39 is 5.82 Å². The quantitative estimate of drug-likeness (QED) is 0.875. The van der Waals surface area contributed by atoms with E-state index in [9.17, 15) is 9.18 Å². The number of benzene rings is 1. The number of carbonyl (C=O) groups excluding carboxylic acids is 1. The van der Waals surface area contributed by atoms with Crippen LogP contribution in [0.2, 0.25) is 5.02 Å². The van der Waals surface area contributed by atoms with Gasteiger partial charge in [-0.15, -0.1) is 0 Å². The van der Waals surface area contributed by atoms with Crippen LogP contribution in [-0.2, 0) is 11.3 Å². The van der Waals surface area contributed by atoms with Gasteiger partial charge in [0.25, 0.3) is 0 Å². The predicted octanol–water partition coefficient (Wildman–Crippen LogP) is 1.80. The summed E-state index contributed by atoms with van der Waals surface area (Å²) >= 11 is 5.87. The second-order valence-electron chi connectivity index (χ2n) is 4.15. The second kappa shape index (κ2) is 5.02. The fraction of sp³-hybridized carbons (Fsp3) is 0.417. The molecule has 5 heteroatoms. The van der Waals surface area contributed by atoms with Crippen LogP contribution in [0, 0.1) is 5.82 Å². The van der Waals surface area contributed by atoms with Gasteiger partial charge in [-0.2, -0.15) is 0 Å². The van der Waals surface area contributed by atoms with E-state index in [4.69, 9.17) is 11.6 Å². The number of rotatable bonds is 2. The van der Waals surface area contributed by atoms with Crippen LogP contribution in [0.25, 0.3) is 0 Å². The Balaban J connectivity index is 2.15. The smallest absolute Gasteiger partial charge is 0.239 e. The van der Waals surface area contributed by atoms with Crippen molar-refractivity contribution in [1.82, 2.24) is 10.2 Å². The van der Waals surface area contributed by atoms with Crippen molar-refractivity contribution < 1.29 is 9.18 Å². The van der Waals surface area contributed by atoms with Crippen LogP contribution in [0.3, 0.4) is 0 Å². The zero-order valence-corrected chi connectivity index (χ0v) is 10.3. The lowest BCUT2D eigenvalue weighted by molar-refractivity contribution is -0.135. The van der Waals surface area contributed by atoms with Gasteiger partial charge in [0.05, 0.1) is 11.1 Å². The molecule has 0 aromatic heterocycles. The summed E-state index contributed by atoms with van der Waals surface area (Å²) in [6, 6.07) is 4.47. The molecule has 1 atom stereocenters. The van der Waals surface area contributed by atoms with Crippen molar-refractivity contribution in [2.75, 3.05) is 13.1 Å². The van der Waals surface area contributed by atoms with Gasteiger partial charge in [0.15, 0.2) is 0 Å². The van der Waals surface area contributed by atoms with Crippen molar-refractivity contribution >= 4 is 17.5 Å². The lowest BCUT2D eigenvalue weighted by Crippen LogP contribution is -2.53. The molecule has 0 aliphatic carbocycles. The molecule has 1 aromatic rings. The molecule has 1 amide bonds. The van der Waals surface area contributed by atoms with Crippen LogP contribution in [-0.4, -0.2) is 29.9 Å². The maximum absolute atomic E-state index is 13.3. The number of piperazine rings is 1. The molecule has 3 nitrogen and oxygen atoms in total. The zero-order valence-electron chi connectivity index (χ0n) is 9.54. The summed E-state index contributed by atoms with van der Waals surface area (Å²) in [7, 11) is 0. The molecule has 17 heavy (non-hydrogen) atoms. The molecule has 0 spiro atoms. The fourth-order valence-corrected chi connectivity index (χ4v) is 2.11. The number of amides is 1. The van der Waals surface area contributed by atoms with Gasteiger partial charge in [0, 0.05) is 19.6 Å². The maximum atomic E-state index is 13.3. The highest BCUT2D eigenvalue weighted by molar-refractivity contribution is 6.31. The van der Waals surface area contributed by atoms with Crippen molar-refractivity contribution in [2.45, 2.75) is 19.5 Å². The molecule has 1 saturated heterocycles. The van der Waals surface area contributed by atoms with Crippen molar-refractivity contribution in [3.05, 3.63) is 34.6 Å². The van der Waals surface area contributed by atoms with Crippen LogP contribution in [0.5, 0.6) is 0 Å². The van der Waals surface area contributed by atoms with Crippen LogP contribution in [0.15, 0.2) is 18.2 Å². The minimum atomic E-state index is -0.445. The topological polar surface area (TPSA) is 32.3 Å². The Labute approximate surface area is 105 Å². The first-order valence-corrected chi connectivity index (χ1v) is 5.92. The number of nitrogens with one attached hydrogen (secondary N) is 1. The van der Waals surface area contributed by atoms with E-state index in [1.807, 2.05) is 6.92 Å². The standard InChI is InChI=1S/C12H14ClFN2O/c1-8-12(17)16(6-5-15-8)7-9-3-2-4-10(14)11(9)13/h2-4,8,15H,5-7H2,1H3. The number of hydrogen-bond acceptors (Lipinski definition) is 2. The summed E-state index contributed by atoms with van der Waals surface area (Å²) in [6.07, 6.45) is 0. The molecule has 1 aliphatic rings. The van der Waals surface area contributed by atoms with Gasteiger partial charge in [0.2, 0.25) is 5.91 Å². The molecule has 1 heterocycles. The highest BCUT2D eigenvalue weighted by atomic mass is 35.5. The first-order chi connectivity index (χ1) is 8.09. The molecular formula is C12H14ClFN2O. The van der Waals surface area contributed by atoms with Crippen LogP contribution in [0.4, 0.5) is 4.39 Å². The molecule has 0 bridgehead atoms. The summed E-state index contributed by atoms with van der Waals surface area (Å²) in [5.41, 5.74) is 0.647. The van der Waals surface area contributed by atoms with Gasteiger partial charge < -0.3 is 10.2 Å². The molecule has 2 rings (SSSR count). The molecule has 1 aliphatic heterocycles. The van der Waals surface area contributed by atoms with Crippen LogP contribution < -0.4 is 5.32 Å². The van der Waals surface area contributed by atoms with Gasteiger partial charge in [-0.1, -0.05) is 23.7 Å². The van der Waals surface area contributed by atoms with Gasteiger partial charge in [-0.05, 0) is 18.6 Å². The van der Waals surface area contributed by atoms with Crippen LogP contribution >= 0.6 is 11.6 Å². The minimum Gasteiger partial charge on any atom is -0.336 e. The average Bonchev–Trinajstić information content (AvgIpc) is 2.31. The summed E-state index contributed by atoms with van der Waals surface area (Å²) < 4.78 is 13.3. The zero-order chi connectivity index (χ0) is 12.4. The Morgan fingerprint density at radius 3 is 3.12 bits per heavy atom. The number of carbonyl (C=O) groups is 1. The third kappa shape index (κ3) is 2.58. The summed E-state index contributed by atoms with van der Waals surface area (Å²) in [4.78, 5) is 13.5. The highest BCUT2D eigenvalue weighted by Gasteiger charge is 2.25. The Bertz CT molecular complexity index is 439. The Hall–Kier alpha value is -1.13. The third-order valence-corrected chi connectivity index (χ3v) is 3.33. The predicted molar refractivity (Wildman–Crippen MR) is 64.3 cm³/mol. The van der Waals surface area contributed by atoms with E-state index in [0.717, 1.165) is 6.54 Å². The average molecular weight is 257 g/mol. The fourth-order valence-electron chi connectivity index (χ4n) is 1.92. The first kappa shape index (κ1) is 12.3. The molecule has 0 saturated carbocycles. The lowest BCUT2D eigenvalue weighted by atomic mass is 10.1. The molecule has 1 aromatic carbocycles. The van der Waals surface area contributed by atoms with Gasteiger partial charge >= 0.3 is 0 Å². The monoisotopic (exact) mass is 256 g/mol. The summed E-state index contributed by atoms with van der Waals surface area (Å²) in [5.74, 6) is -0.420. The van der Waals surface area contributed by atoms with Crippen molar-refractivity contribution in [2.24, 2.45) is 0 Å². The van der Waals surface area contributed by atoms with E-state index in [1.54, 1.807) is 17.0 Å². The van der Waals surface area contributed by atoms with E-state index in [2.05, 4.69) is 5.32 Å². The van der Waals surface area contributed by atoms with Gasteiger partial charge in [-0.3, -0.25) is 4.79 Å². The largest absolute Gasteiger partial charge is 0.336 e. The SMILES string of the molecule is CC1NCCN(Cc2cccc(F)c2Cl)C1=O. The first-order valence-electron chi connectivity index (χ1n) is 5.54. The molecule has 1 N–H and O–H groups in total. The van der Waals surface area contributed by atoms with Crippen molar-refractivity contribution in [3.63, 3.8) is 0 Å². The second-order valence-corrected chi connectivity index (χ2v) is 4.53. The molecule has 1 fully saturated rings. The Morgan fingerprint density at radius 2 is 2.35 bits per heavy atom. The molecule has 1 unspecified atom stereocenters. The summed E-state index contributed by atoms with van der Waals surface area (Å²) in [5, 5.41) is 3.18. The number of halogens is 2. The molecule has 0 radical (unpaired) electrons. The Morgan fingerprint density at radius 1 is 1.59 bits per heavy atom. The van der Waals surface area contributed by atoms with Gasteiger partial charge in [0.1, 0.15) is 5.82 Å². The third-order valence-electron chi connectivity index (χ3n) is 2.91. The van der Waals surface area contributed by atoms with E-state index in [1.165, 1.54) is 6.07 Å². The maximum Gasteiger partial charge on any atom is 0.239 e.